The van der Waals surface area contributed by atoms with Crippen LogP contribution in [0.4, 0.5) is 0 Å². The molecule has 0 aliphatic carbocycles. The molecule has 1 unspecified atom stereocenters. The van der Waals surface area contributed by atoms with Crippen molar-refractivity contribution in [3.63, 3.8) is 0 Å². The Hall–Kier alpha value is -1.12. The molecule has 0 saturated heterocycles. The summed E-state index contributed by atoms with van der Waals surface area (Å²) in [6.45, 7) is 2.12. The molecule has 2 rings (SSSR count). The summed E-state index contributed by atoms with van der Waals surface area (Å²) in [6, 6.07) is 10.7. The molecule has 1 aromatic heterocycles. The van der Waals surface area contributed by atoms with E-state index in [2.05, 4.69) is 36.2 Å². The summed E-state index contributed by atoms with van der Waals surface area (Å²) < 4.78 is 0. The van der Waals surface area contributed by atoms with Crippen LogP contribution in [0.15, 0.2) is 36.5 Å². The number of hydrogen-bond donors (Lipinski definition) is 1. The van der Waals surface area contributed by atoms with Gasteiger partial charge in [-0.15, -0.1) is 12.4 Å². The van der Waals surface area contributed by atoms with Crippen LogP contribution in [0.25, 0.3) is 10.9 Å². The molecule has 16 heavy (non-hydrogen) atoms. The molecule has 2 aromatic rings. The molecule has 1 heterocycles. The van der Waals surface area contributed by atoms with Crippen molar-refractivity contribution in [2.24, 2.45) is 5.73 Å². The predicted molar refractivity (Wildman–Crippen MR) is 71.0 cm³/mol. The first-order valence-electron chi connectivity index (χ1n) is 5.39. The van der Waals surface area contributed by atoms with Crippen LogP contribution in [0.2, 0.25) is 0 Å². The van der Waals surface area contributed by atoms with Gasteiger partial charge in [0.15, 0.2) is 0 Å². The Balaban J connectivity index is 0.00000128. The quantitative estimate of drug-likeness (QED) is 0.890. The average molecular weight is 237 g/mol. The van der Waals surface area contributed by atoms with Gasteiger partial charge >= 0.3 is 0 Å². The highest BCUT2D eigenvalue weighted by atomic mass is 35.5. The number of rotatable bonds is 3. The molecule has 0 fully saturated rings. The van der Waals surface area contributed by atoms with Crippen LogP contribution in [-0.4, -0.2) is 11.0 Å². The van der Waals surface area contributed by atoms with Crippen molar-refractivity contribution in [3.05, 3.63) is 42.1 Å². The van der Waals surface area contributed by atoms with Gasteiger partial charge in [-0.1, -0.05) is 25.1 Å². The summed E-state index contributed by atoms with van der Waals surface area (Å²) in [5, 5.41) is 1.19. The van der Waals surface area contributed by atoms with E-state index >= 15 is 0 Å². The van der Waals surface area contributed by atoms with Gasteiger partial charge in [0.25, 0.3) is 0 Å². The Morgan fingerprint density at radius 3 is 2.88 bits per heavy atom. The SMILES string of the molecule is CCC(N)Cc1ccc2cccnc2c1.Cl. The van der Waals surface area contributed by atoms with Crippen LogP contribution >= 0.6 is 12.4 Å². The highest BCUT2D eigenvalue weighted by molar-refractivity contribution is 5.85. The molecule has 0 amide bonds. The first-order chi connectivity index (χ1) is 7.29. The Labute approximate surface area is 102 Å². The van der Waals surface area contributed by atoms with Crippen LogP contribution in [0, 0.1) is 0 Å². The molecular weight excluding hydrogens is 220 g/mol. The Morgan fingerprint density at radius 2 is 2.12 bits per heavy atom. The summed E-state index contributed by atoms with van der Waals surface area (Å²) in [4.78, 5) is 4.33. The Morgan fingerprint density at radius 1 is 1.31 bits per heavy atom. The lowest BCUT2D eigenvalue weighted by Crippen LogP contribution is -2.21. The third kappa shape index (κ3) is 2.94. The van der Waals surface area contributed by atoms with Crippen LogP contribution in [0.3, 0.4) is 0 Å². The normalized spacial score (nSPS) is 12.1. The van der Waals surface area contributed by atoms with Crippen molar-refractivity contribution >= 4 is 23.3 Å². The minimum Gasteiger partial charge on any atom is -0.327 e. The number of aromatic nitrogens is 1. The molecule has 1 aromatic carbocycles. The largest absolute Gasteiger partial charge is 0.327 e. The number of fused-ring (bicyclic) bond motifs is 1. The second kappa shape index (κ2) is 5.83. The fourth-order valence-corrected chi connectivity index (χ4v) is 1.69. The van der Waals surface area contributed by atoms with Gasteiger partial charge in [-0.2, -0.15) is 0 Å². The molecule has 0 radical (unpaired) electrons. The minimum absolute atomic E-state index is 0. The maximum absolute atomic E-state index is 5.93. The van der Waals surface area contributed by atoms with Gasteiger partial charge in [0.2, 0.25) is 0 Å². The van der Waals surface area contributed by atoms with E-state index in [9.17, 15) is 0 Å². The molecule has 0 bridgehead atoms. The van der Waals surface area contributed by atoms with Crippen molar-refractivity contribution in [2.45, 2.75) is 25.8 Å². The fraction of sp³-hybridized carbons (Fsp3) is 0.308. The fourth-order valence-electron chi connectivity index (χ4n) is 1.69. The summed E-state index contributed by atoms with van der Waals surface area (Å²) in [5.41, 5.74) is 8.26. The predicted octanol–water partition coefficient (Wildman–Crippen LogP) is 2.94. The zero-order valence-corrected chi connectivity index (χ0v) is 10.2. The van der Waals surface area contributed by atoms with E-state index in [0.29, 0.717) is 0 Å². The van der Waals surface area contributed by atoms with Crippen molar-refractivity contribution < 1.29 is 0 Å². The summed E-state index contributed by atoms with van der Waals surface area (Å²) in [6.07, 6.45) is 3.77. The van der Waals surface area contributed by atoms with Crippen molar-refractivity contribution in [3.8, 4) is 0 Å². The number of pyridine rings is 1. The molecule has 2 nitrogen and oxygen atoms in total. The smallest absolute Gasteiger partial charge is 0.0704 e. The van der Waals surface area contributed by atoms with Crippen LogP contribution in [0.1, 0.15) is 18.9 Å². The topological polar surface area (TPSA) is 38.9 Å². The summed E-state index contributed by atoms with van der Waals surface area (Å²) in [7, 11) is 0. The van der Waals surface area contributed by atoms with Crippen LogP contribution in [0.5, 0.6) is 0 Å². The lowest BCUT2D eigenvalue weighted by molar-refractivity contribution is 0.647. The van der Waals surface area contributed by atoms with E-state index in [4.69, 9.17) is 5.73 Å². The van der Waals surface area contributed by atoms with Gasteiger partial charge in [-0.05, 0) is 30.5 Å². The molecule has 86 valence electrons. The van der Waals surface area contributed by atoms with E-state index in [1.165, 1.54) is 10.9 Å². The lowest BCUT2D eigenvalue weighted by atomic mass is 10.0. The van der Waals surface area contributed by atoms with E-state index in [1.54, 1.807) is 0 Å². The molecule has 0 aliphatic rings. The Kier molecular flexibility index (Phi) is 4.71. The second-order valence-electron chi connectivity index (χ2n) is 3.90. The lowest BCUT2D eigenvalue weighted by Gasteiger charge is -2.08. The average Bonchev–Trinajstić information content (AvgIpc) is 2.29. The van der Waals surface area contributed by atoms with E-state index in [1.807, 2.05) is 12.3 Å². The zero-order valence-electron chi connectivity index (χ0n) is 9.39. The molecular formula is C13H17ClN2. The van der Waals surface area contributed by atoms with Crippen LogP contribution in [-0.2, 0) is 6.42 Å². The number of nitrogens with two attached hydrogens (primary N) is 1. The van der Waals surface area contributed by atoms with E-state index in [0.717, 1.165) is 18.4 Å². The maximum Gasteiger partial charge on any atom is 0.0704 e. The highest BCUT2D eigenvalue weighted by Crippen LogP contribution is 2.14. The highest BCUT2D eigenvalue weighted by Gasteiger charge is 2.02. The molecule has 0 spiro atoms. The number of nitrogens with zero attached hydrogens (tertiary/aromatic N) is 1. The first kappa shape index (κ1) is 12.9. The van der Waals surface area contributed by atoms with Gasteiger partial charge in [0, 0.05) is 17.6 Å². The number of hydrogen-bond acceptors (Lipinski definition) is 2. The van der Waals surface area contributed by atoms with Gasteiger partial charge in [0.1, 0.15) is 0 Å². The zero-order chi connectivity index (χ0) is 10.7. The first-order valence-corrected chi connectivity index (χ1v) is 5.39. The molecule has 2 N–H and O–H groups in total. The van der Waals surface area contributed by atoms with Gasteiger partial charge < -0.3 is 5.73 Å². The second-order valence-corrected chi connectivity index (χ2v) is 3.90. The van der Waals surface area contributed by atoms with Crippen molar-refractivity contribution in [1.82, 2.24) is 4.98 Å². The van der Waals surface area contributed by atoms with E-state index < -0.39 is 0 Å². The van der Waals surface area contributed by atoms with Gasteiger partial charge in [-0.25, -0.2) is 0 Å². The summed E-state index contributed by atoms with van der Waals surface area (Å²) in [5.74, 6) is 0. The molecule has 1 atom stereocenters. The molecule has 3 heteroatoms. The van der Waals surface area contributed by atoms with E-state index in [-0.39, 0.29) is 18.4 Å². The third-order valence-corrected chi connectivity index (χ3v) is 2.69. The monoisotopic (exact) mass is 236 g/mol. The minimum atomic E-state index is 0. The molecule has 0 aliphatic heterocycles. The van der Waals surface area contributed by atoms with Gasteiger partial charge in [-0.3, -0.25) is 4.98 Å². The van der Waals surface area contributed by atoms with Crippen LogP contribution < -0.4 is 5.73 Å². The summed E-state index contributed by atoms with van der Waals surface area (Å²) >= 11 is 0. The standard InChI is InChI=1S/C13H16N2.ClH/c1-2-12(14)8-10-5-6-11-4-3-7-15-13(11)9-10;/h3-7,9,12H,2,8,14H2,1H3;1H. The number of benzene rings is 1. The van der Waals surface area contributed by atoms with Gasteiger partial charge in [0.05, 0.1) is 5.52 Å². The molecule has 0 saturated carbocycles. The maximum atomic E-state index is 5.93. The van der Waals surface area contributed by atoms with Crippen molar-refractivity contribution in [1.29, 1.82) is 0 Å². The third-order valence-electron chi connectivity index (χ3n) is 2.69. The number of halogens is 1. The Bertz CT molecular complexity index is 456. The van der Waals surface area contributed by atoms with Crippen molar-refractivity contribution in [2.75, 3.05) is 0 Å².